The summed E-state index contributed by atoms with van der Waals surface area (Å²) in [7, 11) is 0. The Morgan fingerprint density at radius 2 is 1.08 bits per heavy atom. The van der Waals surface area contributed by atoms with Gasteiger partial charge in [-0.15, -0.1) is 0 Å². The fourth-order valence-electron chi connectivity index (χ4n) is 7.82. The van der Waals surface area contributed by atoms with Crippen LogP contribution in [-0.2, 0) is 6.42 Å². The SMILES string of the molecule is C1=C(c2nc(-c3ccc4ccccc4c3)nc(-c3ccc4c(c3)oc3ccccc34)n2)CCc2cc(-c3cccc4oc5ccccc5c34)ccc21. The molecular weight excluding hydrogens is 639 g/mol. The highest BCUT2D eigenvalue weighted by Gasteiger charge is 2.20. The van der Waals surface area contributed by atoms with Crippen molar-refractivity contribution >= 4 is 66.3 Å². The van der Waals surface area contributed by atoms with Crippen LogP contribution in [0.5, 0.6) is 0 Å². The van der Waals surface area contributed by atoms with Crippen molar-refractivity contribution < 1.29 is 8.83 Å². The maximum absolute atomic E-state index is 6.26. The number of fused-ring (bicyclic) bond motifs is 8. The molecule has 0 bridgehead atoms. The average Bonchev–Trinajstić information content (AvgIpc) is 3.78. The monoisotopic (exact) mass is 667 g/mol. The van der Waals surface area contributed by atoms with Crippen molar-refractivity contribution in [1.82, 2.24) is 15.0 Å². The molecule has 1 aliphatic carbocycles. The number of furan rings is 2. The summed E-state index contributed by atoms with van der Waals surface area (Å²) < 4.78 is 12.5. The van der Waals surface area contributed by atoms with Gasteiger partial charge in [-0.25, -0.2) is 15.0 Å². The molecule has 0 fully saturated rings. The third-order valence-corrected chi connectivity index (χ3v) is 10.4. The summed E-state index contributed by atoms with van der Waals surface area (Å²) in [4.78, 5) is 15.3. The van der Waals surface area contributed by atoms with Gasteiger partial charge in [0.2, 0.25) is 0 Å². The van der Waals surface area contributed by atoms with E-state index in [-0.39, 0.29) is 0 Å². The predicted molar refractivity (Wildman–Crippen MR) is 211 cm³/mol. The number of hydrogen-bond acceptors (Lipinski definition) is 5. The van der Waals surface area contributed by atoms with E-state index in [1.165, 1.54) is 27.6 Å². The maximum atomic E-state index is 6.26. The van der Waals surface area contributed by atoms with Crippen LogP contribution in [0.3, 0.4) is 0 Å². The second-order valence-electron chi connectivity index (χ2n) is 13.5. The lowest BCUT2D eigenvalue weighted by Gasteiger charge is -2.18. The first-order chi connectivity index (χ1) is 25.7. The third kappa shape index (κ3) is 4.67. The molecule has 244 valence electrons. The zero-order valence-electron chi connectivity index (χ0n) is 28.0. The fourth-order valence-corrected chi connectivity index (χ4v) is 7.82. The van der Waals surface area contributed by atoms with Gasteiger partial charge in [0.1, 0.15) is 22.3 Å². The topological polar surface area (TPSA) is 65.0 Å². The Morgan fingerprint density at radius 1 is 0.423 bits per heavy atom. The molecule has 0 N–H and O–H groups in total. The molecule has 5 nitrogen and oxygen atoms in total. The van der Waals surface area contributed by atoms with E-state index in [1.54, 1.807) is 0 Å². The average molecular weight is 668 g/mol. The van der Waals surface area contributed by atoms with Gasteiger partial charge in [-0.1, -0.05) is 109 Å². The number of aromatic nitrogens is 3. The fraction of sp³-hybridized carbons (Fsp3) is 0.0426. The summed E-state index contributed by atoms with van der Waals surface area (Å²) in [6, 6.07) is 50.5. The van der Waals surface area contributed by atoms with Crippen LogP contribution in [0.15, 0.2) is 154 Å². The zero-order chi connectivity index (χ0) is 34.2. The Hall–Kier alpha value is -6.85. The highest BCUT2D eigenvalue weighted by Crippen LogP contribution is 2.39. The highest BCUT2D eigenvalue weighted by atomic mass is 16.3. The molecular formula is C47H29N3O2. The summed E-state index contributed by atoms with van der Waals surface area (Å²) >= 11 is 0. The van der Waals surface area contributed by atoms with Gasteiger partial charge >= 0.3 is 0 Å². The number of benzene rings is 7. The van der Waals surface area contributed by atoms with Crippen LogP contribution in [0, 0.1) is 0 Å². The molecule has 3 heterocycles. The van der Waals surface area contributed by atoms with Crippen molar-refractivity contribution in [3.63, 3.8) is 0 Å². The molecule has 0 unspecified atom stereocenters. The van der Waals surface area contributed by atoms with E-state index in [2.05, 4.69) is 121 Å². The van der Waals surface area contributed by atoms with Crippen molar-refractivity contribution in [1.29, 1.82) is 0 Å². The highest BCUT2D eigenvalue weighted by molar-refractivity contribution is 6.12. The first kappa shape index (κ1) is 28.9. The van der Waals surface area contributed by atoms with Crippen LogP contribution < -0.4 is 0 Å². The van der Waals surface area contributed by atoms with E-state index in [4.69, 9.17) is 23.8 Å². The summed E-state index contributed by atoms with van der Waals surface area (Å²) in [6.07, 6.45) is 3.95. The van der Waals surface area contributed by atoms with Crippen LogP contribution in [0.25, 0.3) is 100 Å². The molecule has 0 aliphatic heterocycles. The van der Waals surface area contributed by atoms with Gasteiger partial charge in [0.05, 0.1) is 0 Å². The molecule has 0 saturated heterocycles. The minimum absolute atomic E-state index is 0.623. The van der Waals surface area contributed by atoms with Crippen molar-refractivity contribution in [3.8, 4) is 33.9 Å². The van der Waals surface area contributed by atoms with E-state index in [0.29, 0.717) is 17.5 Å². The lowest BCUT2D eigenvalue weighted by molar-refractivity contribution is 0.668. The molecule has 0 atom stereocenters. The van der Waals surface area contributed by atoms with Crippen molar-refractivity contribution in [2.45, 2.75) is 12.8 Å². The van der Waals surface area contributed by atoms with E-state index in [0.717, 1.165) is 78.8 Å². The molecule has 3 aromatic heterocycles. The number of allylic oxidation sites excluding steroid dienone is 1. The number of para-hydroxylation sites is 2. The molecule has 0 spiro atoms. The lowest BCUT2D eigenvalue weighted by atomic mass is 9.88. The van der Waals surface area contributed by atoms with E-state index >= 15 is 0 Å². The molecule has 52 heavy (non-hydrogen) atoms. The summed E-state index contributed by atoms with van der Waals surface area (Å²) in [5.41, 5.74) is 11.3. The van der Waals surface area contributed by atoms with Crippen LogP contribution in [0.2, 0.25) is 0 Å². The number of nitrogens with zero attached hydrogens (tertiary/aromatic N) is 3. The molecule has 7 aromatic carbocycles. The molecule has 0 amide bonds. The molecule has 1 aliphatic rings. The summed E-state index contributed by atoms with van der Waals surface area (Å²) in [5.74, 6) is 1.97. The number of aryl methyl sites for hydroxylation is 1. The van der Waals surface area contributed by atoms with Gasteiger partial charge in [0.15, 0.2) is 17.5 Å². The zero-order valence-corrected chi connectivity index (χ0v) is 28.0. The van der Waals surface area contributed by atoms with Gasteiger partial charge in [-0.05, 0) is 93.9 Å². The smallest absolute Gasteiger partial charge is 0.164 e. The second kappa shape index (κ2) is 11.3. The molecule has 11 rings (SSSR count). The summed E-state index contributed by atoms with van der Waals surface area (Å²) in [6.45, 7) is 0. The Balaban J connectivity index is 1.03. The molecule has 0 radical (unpaired) electrons. The predicted octanol–water partition coefficient (Wildman–Crippen LogP) is 12.3. The van der Waals surface area contributed by atoms with Crippen LogP contribution >= 0.6 is 0 Å². The van der Waals surface area contributed by atoms with Gasteiger partial charge in [0, 0.05) is 32.7 Å². The van der Waals surface area contributed by atoms with Gasteiger partial charge in [-0.2, -0.15) is 0 Å². The van der Waals surface area contributed by atoms with Crippen molar-refractivity contribution in [2.24, 2.45) is 0 Å². The maximum Gasteiger partial charge on any atom is 0.164 e. The van der Waals surface area contributed by atoms with Crippen LogP contribution in [-0.4, -0.2) is 15.0 Å². The first-order valence-corrected chi connectivity index (χ1v) is 17.6. The second-order valence-corrected chi connectivity index (χ2v) is 13.5. The van der Waals surface area contributed by atoms with Gasteiger partial charge in [-0.3, -0.25) is 0 Å². The Labute approximate surface area is 298 Å². The van der Waals surface area contributed by atoms with Crippen molar-refractivity contribution in [2.75, 3.05) is 0 Å². The minimum atomic E-state index is 0.623. The normalized spacial score (nSPS) is 13.0. The number of rotatable bonds is 4. The molecule has 10 aromatic rings. The molecule has 0 saturated carbocycles. The first-order valence-electron chi connectivity index (χ1n) is 17.6. The van der Waals surface area contributed by atoms with E-state index < -0.39 is 0 Å². The quantitative estimate of drug-likeness (QED) is 0.187. The van der Waals surface area contributed by atoms with E-state index in [9.17, 15) is 0 Å². The summed E-state index contributed by atoms with van der Waals surface area (Å²) in [5, 5.41) is 6.80. The molecule has 5 heteroatoms. The third-order valence-electron chi connectivity index (χ3n) is 10.4. The Kier molecular flexibility index (Phi) is 6.31. The van der Waals surface area contributed by atoms with Crippen molar-refractivity contribution in [3.05, 3.63) is 163 Å². The Bertz CT molecular complexity index is 3090. The van der Waals surface area contributed by atoms with Crippen LogP contribution in [0.4, 0.5) is 0 Å². The van der Waals surface area contributed by atoms with Gasteiger partial charge in [0.25, 0.3) is 0 Å². The standard InChI is InChI=1S/C47H29N3O2/c1-2-9-29-25-33(20-16-28(29)8-1)45-48-46(50-47(49-45)35-22-23-38-37-10-3-5-13-40(37)52-43(38)27-35)34-21-18-30-24-32(19-17-31(30)26-34)36-12-7-15-42-44(36)39-11-4-6-14-41(39)51-42/h1-17,19-20,22-27H,18,21H2. The van der Waals surface area contributed by atoms with Gasteiger partial charge < -0.3 is 8.83 Å². The Morgan fingerprint density at radius 3 is 1.96 bits per heavy atom. The van der Waals surface area contributed by atoms with Crippen LogP contribution in [0.1, 0.15) is 23.4 Å². The lowest BCUT2D eigenvalue weighted by Crippen LogP contribution is -2.06. The largest absolute Gasteiger partial charge is 0.456 e. The van der Waals surface area contributed by atoms with E-state index in [1.807, 2.05) is 30.3 Å². The minimum Gasteiger partial charge on any atom is -0.456 e. The number of hydrogen-bond donors (Lipinski definition) is 0.